The van der Waals surface area contributed by atoms with Crippen LogP contribution in [0.25, 0.3) is 0 Å². The van der Waals surface area contributed by atoms with Crippen molar-refractivity contribution in [2.75, 3.05) is 0 Å². The zero-order chi connectivity index (χ0) is 10.8. The SMILES string of the molecule is CCC(C)NC1CC(OC(C)(C)C)C1. The molecule has 0 aromatic heterocycles. The summed E-state index contributed by atoms with van der Waals surface area (Å²) >= 11 is 0. The zero-order valence-electron chi connectivity index (χ0n) is 10.3. The van der Waals surface area contributed by atoms with Gasteiger partial charge >= 0.3 is 0 Å². The highest BCUT2D eigenvalue weighted by molar-refractivity contribution is 4.88. The standard InChI is InChI=1S/C12H25NO/c1-6-9(2)13-10-7-11(8-10)14-12(3,4)5/h9-11,13H,6-8H2,1-5H3. The molecule has 1 fully saturated rings. The summed E-state index contributed by atoms with van der Waals surface area (Å²) in [6.45, 7) is 10.9. The summed E-state index contributed by atoms with van der Waals surface area (Å²) in [5.41, 5.74) is 0.0199. The summed E-state index contributed by atoms with van der Waals surface area (Å²) < 4.78 is 5.88. The van der Waals surface area contributed by atoms with Crippen LogP contribution in [0.15, 0.2) is 0 Å². The lowest BCUT2D eigenvalue weighted by Crippen LogP contribution is -2.50. The first-order chi connectivity index (χ1) is 6.40. The predicted molar refractivity (Wildman–Crippen MR) is 60.5 cm³/mol. The normalized spacial score (nSPS) is 29.8. The lowest BCUT2D eigenvalue weighted by Gasteiger charge is -2.40. The summed E-state index contributed by atoms with van der Waals surface area (Å²) in [5, 5.41) is 3.60. The fourth-order valence-corrected chi connectivity index (χ4v) is 1.82. The van der Waals surface area contributed by atoms with E-state index in [2.05, 4.69) is 39.9 Å². The van der Waals surface area contributed by atoms with Gasteiger partial charge in [0.2, 0.25) is 0 Å². The van der Waals surface area contributed by atoms with Gasteiger partial charge in [0.1, 0.15) is 0 Å². The second kappa shape index (κ2) is 4.63. The van der Waals surface area contributed by atoms with Crippen molar-refractivity contribution in [3.8, 4) is 0 Å². The molecule has 0 aromatic carbocycles. The van der Waals surface area contributed by atoms with Crippen LogP contribution in [0.5, 0.6) is 0 Å². The van der Waals surface area contributed by atoms with Crippen LogP contribution in [0.2, 0.25) is 0 Å². The molecule has 1 aliphatic carbocycles. The summed E-state index contributed by atoms with van der Waals surface area (Å²) in [4.78, 5) is 0. The Labute approximate surface area is 88.4 Å². The molecule has 0 aromatic rings. The second-order valence-electron chi connectivity index (χ2n) is 5.50. The maximum absolute atomic E-state index is 5.88. The molecule has 84 valence electrons. The molecule has 1 atom stereocenters. The van der Waals surface area contributed by atoms with E-state index in [-0.39, 0.29) is 5.60 Å². The van der Waals surface area contributed by atoms with Crippen molar-refractivity contribution >= 4 is 0 Å². The van der Waals surface area contributed by atoms with Crippen molar-refractivity contribution < 1.29 is 4.74 Å². The van der Waals surface area contributed by atoms with Crippen molar-refractivity contribution in [2.45, 2.75) is 77.7 Å². The first-order valence-corrected chi connectivity index (χ1v) is 5.84. The van der Waals surface area contributed by atoms with E-state index in [1.165, 1.54) is 19.3 Å². The predicted octanol–water partition coefficient (Wildman–Crippen LogP) is 2.72. The van der Waals surface area contributed by atoms with E-state index >= 15 is 0 Å². The summed E-state index contributed by atoms with van der Waals surface area (Å²) in [5.74, 6) is 0. The molecule has 1 rings (SSSR count). The first kappa shape index (κ1) is 12.0. The highest BCUT2D eigenvalue weighted by atomic mass is 16.5. The van der Waals surface area contributed by atoms with E-state index in [0.717, 1.165) is 0 Å². The molecule has 1 N–H and O–H groups in total. The van der Waals surface area contributed by atoms with Crippen LogP contribution in [0, 0.1) is 0 Å². The molecule has 0 saturated heterocycles. The number of rotatable bonds is 4. The molecule has 1 saturated carbocycles. The Hall–Kier alpha value is -0.0800. The van der Waals surface area contributed by atoms with Crippen LogP contribution in [0.3, 0.4) is 0 Å². The van der Waals surface area contributed by atoms with Crippen molar-refractivity contribution in [1.29, 1.82) is 0 Å². The fraction of sp³-hybridized carbons (Fsp3) is 1.00. The van der Waals surface area contributed by atoms with Crippen LogP contribution < -0.4 is 5.32 Å². The van der Waals surface area contributed by atoms with Crippen molar-refractivity contribution in [3.63, 3.8) is 0 Å². The molecule has 0 radical (unpaired) electrons. The highest BCUT2D eigenvalue weighted by Crippen LogP contribution is 2.27. The molecular formula is C12H25NO. The highest BCUT2D eigenvalue weighted by Gasteiger charge is 2.32. The molecule has 14 heavy (non-hydrogen) atoms. The largest absolute Gasteiger partial charge is 0.373 e. The van der Waals surface area contributed by atoms with Gasteiger partial charge in [-0.2, -0.15) is 0 Å². The van der Waals surface area contributed by atoms with Gasteiger partial charge in [0, 0.05) is 12.1 Å². The molecule has 1 aliphatic rings. The number of hydrogen-bond acceptors (Lipinski definition) is 2. The maximum atomic E-state index is 5.88. The molecule has 0 bridgehead atoms. The smallest absolute Gasteiger partial charge is 0.0612 e. The van der Waals surface area contributed by atoms with Gasteiger partial charge in [-0.05, 0) is 47.0 Å². The average molecular weight is 199 g/mol. The monoisotopic (exact) mass is 199 g/mol. The third-order valence-electron chi connectivity index (χ3n) is 2.75. The lowest BCUT2D eigenvalue weighted by molar-refractivity contribution is -0.103. The average Bonchev–Trinajstić information content (AvgIpc) is 1.97. The Morgan fingerprint density at radius 3 is 2.36 bits per heavy atom. The molecule has 0 spiro atoms. The van der Waals surface area contributed by atoms with Crippen molar-refractivity contribution in [3.05, 3.63) is 0 Å². The minimum absolute atomic E-state index is 0.0199. The number of hydrogen-bond donors (Lipinski definition) is 1. The minimum atomic E-state index is 0.0199. The molecule has 0 amide bonds. The van der Waals surface area contributed by atoms with E-state index in [1.54, 1.807) is 0 Å². The van der Waals surface area contributed by atoms with E-state index < -0.39 is 0 Å². The van der Waals surface area contributed by atoms with Crippen LogP contribution in [-0.2, 0) is 4.74 Å². The van der Waals surface area contributed by atoms with Gasteiger partial charge < -0.3 is 10.1 Å². The molecule has 1 unspecified atom stereocenters. The van der Waals surface area contributed by atoms with Gasteiger partial charge in [-0.1, -0.05) is 6.92 Å². The second-order valence-corrected chi connectivity index (χ2v) is 5.50. The van der Waals surface area contributed by atoms with Gasteiger partial charge in [-0.25, -0.2) is 0 Å². The Bertz CT molecular complexity index is 168. The number of nitrogens with one attached hydrogen (secondary N) is 1. The first-order valence-electron chi connectivity index (χ1n) is 5.84. The molecule has 0 aliphatic heterocycles. The third-order valence-corrected chi connectivity index (χ3v) is 2.75. The molecule has 2 heteroatoms. The Balaban J connectivity index is 2.12. The van der Waals surface area contributed by atoms with Crippen LogP contribution in [0.4, 0.5) is 0 Å². The van der Waals surface area contributed by atoms with Crippen LogP contribution >= 0.6 is 0 Å². The van der Waals surface area contributed by atoms with Gasteiger partial charge in [-0.3, -0.25) is 0 Å². The van der Waals surface area contributed by atoms with Gasteiger partial charge in [0.15, 0.2) is 0 Å². The minimum Gasteiger partial charge on any atom is -0.373 e. The van der Waals surface area contributed by atoms with Crippen LogP contribution in [0.1, 0.15) is 53.9 Å². The van der Waals surface area contributed by atoms with Crippen LogP contribution in [-0.4, -0.2) is 23.8 Å². The fourth-order valence-electron chi connectivity index (χ4n) is 1.82. The van der Waals surface area contributed by atoms with E-state index in [0.29, 0.717) is 18.2 Å². The van der Waals surface area contributed by atoms with Gasteiger partial charge in [0.05, 0.1) is 11.7 Å². The Morgan fingerprint density at radius 2 is 1.93 bits per heavy atom. The summed E-state index contributed by atoms with van der Waals surface area (Å²) in [6, 6.07) is 1.34. The van der Waals surface area contributed by atoms with Gasteiger partial charge in [-0.15, -0.1) is 0 Å². The summed E-state index contributed by atoms with van der Waals surface area (Å²) in [6.07, 6.45) is 4.06. The van der Waals surface area contributed by atoms with E-state index in [9.17, 15) is 0 Å². The Morgan fingerprint density at radius 1 is 1.36 bits per heavy atom. The molecule has 2 nitrogen and oxygen atoms in total. The van der Waals surface area contributed by atoms with Crippen molar-refractivity contribution in [1.82, 2.24) is 5.32 Å². The maximum Gasteiger partial charge on any atom is 0.0612 e. The van der Waals surface area contributed by atoms with E-state index in [4.69, 9.17) is 4.74 Å². The van der Waals surface area contributed by atoms with E-state index in [1.807, 2.05) is 0 Å². The number of ether oxygens (including phenoxy) is 1. The zero-order valence-corrected chi connectivity index (χ0v) is 10.3. The quantitative estimate of drug-likeness (QED) is 0.751. The third kappa shape index (κ3) is 3.97. The summed E-state index contributed by atoms with van der Waals surface area (Å²) in [7, 11) is 0. The molecular weight excluding hydrogens is 174 g/mol. The lowest BCUT2D eigenvalue weighted by atomic mass is 9.88. The molecule has 0 heterocycles. The van der Waals surface area contributed by atoms with Crippen molar-refractivity contribution in [2.24, 2.45) is 0 Å². The Kier molecular flexibility index (Phi) is 3.96. The van der Waals surface area contributed by atoms with Gasteiger partial charge in [0.25, 0.3) is 0 Å². The topological polar surface area (TPSA) is 21.3 Å².